The van der Waals surface area contributed by atoms with Gasteiger partial charge in [-0.05, 0) is 19.9 Å². The Balaban J connectivity index is 2.05. The number of aliphatic hydroxyl groups excluding tert-OH is 1. The van der Waals surface area contributed by atoms with Crippen LogP contribution >= 0.6 is 0 Å². The maximum atomic E-state index is 13.3. The van der Waals surface area contributed by atoms with Gasteiger partial charge in [0, 0.05) is 18.7 Å². The van der Waals surface area contributed by atoms with Gasteiger partial charge in [0.2, 0.25) is 0 Å². The second-order valence-corrected chi connectivity index (χ2v) is 4.88. The van der Waals surface area contributed by atoms with Crippen LogP contribution in [0.4, 0.5) is 4.39 Å². The summed E-state index contributed by atoms with van der Waals surface area (Å²) >= 11 is 0. The number of halogens is 1. The van der Waals surface area contributed by atoms with Gasteiger partial charge in [-0.2, -0.15) is 0 Å². The molecule has 0 bridgehead atoms. The quantitative estimate of drug-likeness (QED) is 0.643. The molecule has 0 amide bonds. The Morgan fingerprint density at radius 1 is 1.30 bits per heavy atom. The Bertz CT molecular complexity index is 374. The zero-order valence-electron chi connectivity index (χ0n) is 12.1. The van der Waals surface area contributed by atoms with Crippen LogP contribution in [0.2, 0.25) is 0 Å². The molecule has 1 aromatic rings. The van der Waals surface area contributed by atoms with Crippen molar-refractivity contribution in [1.82, 2.24) is 5.32 Å². The molecule has 0 saturated heterocycles. The number of nitrogens with one attached hydrogen (secondary N) is 1. The van der Waals surface area contributed by atoms with Gasteiger partial charge in [-0.1, -0.05) is 18.2 Å². The zero-order chi connectivity index (χ0) is 14.8. The molecule has 0 fully saturated rings. The highest BCUT2D eigenvalue weighted by atomic mass is 19.1. The fourth-order valence-electron chi connectivity index (χ4n) is 1.61. The van der Waals surface area contributed by atoms with Crippen molar-refractivity contribution < 1.29 is 19.0 Å². The van der Waals surface area contributed by atoms with Crippen LogP contribution in [-0.4, -0.2) is 43.6 Å². The summed E-state index contributed by atoms with van der Waals surface area (Å²) in [6.07, 6.45) is -0.397. The summed E-state index contributed by atoms with van der Waals surface area (Å²) in [7, 11) is 0. The molecular formula is C15H24FNO3. The van der Waals surface area contributed by atoms with E-state index in [4.69, 9.17) is 9.47 Å². The summed E-state index contributed by atoms with van der Waals surface area (Å²) in [6, 6.07) is 6.46. The van der Waals surface area contributed by atoms with Crippen LogP contribution < -0.4 is 5.32 Å². The van der Waals surface area contributed by atoms with Gasteiger partial charge in [-0.25, -0.2) is 4.39 Å². The molecule has 0 aliphatic rings. The van der Waals surface area contributed by atoms with E-state index in [1.165, 1.54) is 6.07 Å². The predicted octanol–water partition coefficient (Wildman–Crippen LogP) is 1.72. The molecule has 4 nitrogen and oxygen atoms in total. The van der Waals surface area contributed by atoms with Crippen LogP contribution in [0.25, 0.3) is 0 Å². The van der Waals surface area contributed by atoms with E-state index in [0.29, 0.717) is 25.3 Å². The molecule has 20 heavy (non-hydrogen) atoms. The summed E-state index contributed by atoms with van der Waals surface area (Å²) in [5.74, 6) is -0.286. The van der Waals surface area contributed by atoms with Gasteiger partial charge in [-0.15, -0.1) is 0 Å². The zero-order valence-corrected chi connectivity index (χ0v) is 12.1. The molecule has 1 atom stereocenters. The van der Waals surface area contributed by atoms with Gasteiger partial charge in [0.1, 0.15) is 5.82 Å². The fraction of sp³-hybridized carbons (Fsp3) is 0.600. The summed E-state index contributed by atoms with van der Waals surface area (Å²) in [5, 5.41) is 12.8. The number of aliphatic hydroxyl groups is 1. The Morgan fingerprint density at radius 3 is 2.75 bits per heavy atom. The standard InChI is InChI=1S/C15H24FNO3/c1-12(2)20-8-7-17-9-14(18)11-19-10-13-5-3-4-6-15(13)16/h3-6,12,14,17-18H,7-11H2,1-2H3. The van der Waals surface area contributed by atoms with E-state index in [1.54, 1.807) is 18.2 Å². The van der Waals surface area contributed by atoms with Crippen molar-refractivity contribution in [3.63, 3.8) is 0 Å². The van der Waals surface area contributed by atoms with Crippen molar-refractivity contribution in [3.05, 3.63) is 35.6 Å². The third-order valence-electron chi connectivity index (χ3n) is 2.64. The summed E-state index contributed by atoms with van der Waals surface area (Å²) < 4.78 is 24.0. The van der Waals surface area contributed by atoms with Gasteiger partial charge in [0.15, 0.2) is 0 Å². The third-order valence-corrected chi connectivity index (χ3v) is 2.64. The first-order valence-corrected chi connectivity index (χ1v) is 6.91. The number of hydrogen-bond donors (Lipinski definition) is 2. The van der Waals surface area contributed by atoms with E-state index in [1.807, 2.05) is 13.8 Å². The molecule has 0 radical (unpaired) electrons. The van der Waals surface area contributed by atoms with E-state index in [2.05, 4.69) is 5.32 Å². The van der Waals surface area contributed by atoms with Gasteiger partial charge in [0.05, 0.1) is 32.0 Å². The molecule has 0 aromatic heterocycles. The minimum absolute atomic E-state index is 0.167. The van der Waals surface area contributed by atoms with Gasteiger partial charge >= 0.3 is 0 Å². The van der Waals surface area contributed by atoms with Gasteiger partial charge in [0.25, 0.3) is 0 Å². The monoisotopic (exact) mass is 285 g/mol. The lowest BCUT2D eigenvalue weighted by Gasteiger charge is -2.13. The number of benzene rings is 1. The molecule has 1 unspecified atom stereocenters. The van der Waals surface area contributed by atoms with Crippen LogP contribution in [0.3, 0.4) is 0 Å². The lowest BCUT2D eigenvalue weighted by atomic mass is 10.2. The van der Waals surface area contributed by atoms with Gasteiger partial charge < -0.3 is 19.9 Å². The molecule has 1 rings (SSSR count). The first-order valence-electron chi connectivity index (χ1n) is 6.91. The van der Waals surface area contributed by atoms with E-state index >= 15 is 0 Å². The van der Waals surface area contributed by atoms with Crippen LogP contribution in [0.5, 0.6) is 0 Å². The first-order chi connectivity index (χ1) is 9.59. The topological polar surface area (TPSA) is 50.7 Å². The first kappa shape index (κ1) is 17.0. The SMILES string of the molecule is CC(C)OCCNCC(O)COCc1ccccc1F. The van der Waals surface area contributed by atoms with Crippen molar-refractivity contribution in [2.75, 3.05) is 26.3 Å². The van der Waals surface area contributed by atoms with Crippen LogP contribution in [0.1, 0.15) is 19.4 Å². The Kier molecular flexibility index (Phi) is 8.37. The molecule has 2 N–H and O–H groups in total. The van der Waals surface area contributed by atoms with Crippen molar-refractivity contribution in [2.24, 2.45) is 0 Å². The number of ether oxygens (including phenoxy) is 2. The smallest absolute Gasteiger partial charge is 0.128 e. The fourth-order valence-corrected chi connectivity index (χ4v) is 1.61. The summed E-state index contributed by atoms with van der Waals surface area (Å²) in [6.45, 7) is 6.02. The number of rotatable bonds is 10. The molecule has 0 saturated carbocycles. The molecule has 1 aromatic carbocycles. The lowest BCUT2D eigenvalue weighted by molar-refractivity contribution is 0.0256. The molecule has 5 heteroatoms. The molecule has 0 heterocycles. The summed E-state index contributed by atoms with van der Waals surface area (Å²) in [5.41, 5.74) is 0.498. The van der Waals surface area contributed by atoms with E-state index in [0.717, 1.165) is 0 Å². The number of hydrogen-bond acceptors (Lipinski definition) is 4. The van der Waals surface area contributed by atoms with E-state index < -0.39 is 6.10 Å². The highest BCUT2D eigenvalue weighted by Crippen LogP contribution is 2.07. The molecule has 0 aliphatic heterocycles. The Morgan fingerprint density at radius 2 is 2.05 bits per heavy atom. The van der Waals surface area contributed by atoms with Crippen LogP contribution in [0.15, 0.2) is 24.3 Å². The maximum Gasteiger partial charge on any atom is 0.128 e. The highest BCUT2D eigenvalue weighted by Gasteiger charge is 2.05. The van der Waals surface area contributed by atoms with E-state index in [9.17, 15) is 9.50 Å². The second-order valence-electron chi connectivity index (χ2n) is 4.88. The molecule has 0 aliphatic carbocycles. The second kappa shape index (κ2) is 9.83. The lowest BCUT2D eigenvalue weighted by Crippen LogP contribution is -2.32. The average molecular weight is 285 g/mol. The molecule has 0 spiro atoms. The third kappa shape index (κ3) is 7.55. The van der Waals surface area contributed by atoms with Crippen LogP contribution in [-0.2, 0) is 16.1 Å². The van der Waals surface area contributed by atoms with Crippen LogP contribution in [0, 0.1) is 5.82 Å². The largest absolute Gasteiger partial charge is 0.389 e. The van der Waals surface area contributed by atoms with Crippen molar-refractivity contribution in [1.29, 1.82) is 0 Å². The molecular weight excluding hydrogens is 261 g/mol. The van der Waals surface area contributed by atoms with Gasteiger partial charge in [-0.3, -0.25) is 0 Å². The van der Waals surface area contributed by atoms with Crippen molar-refractivity contribution in [3.8, 4) is 0 Å². The Hall–Kier alpha value is -1.01. The minimum Gasteiger partial charge on any atom is -0.389 e. The minimum atomic E-state index is -0.610. The summed E-state index contributed by atoms with van der Waals surface area (Å²) in [4.78, 5) is 0. The Labute approximate surface area is 119 Å². The average Bonchev–Trinajstić information content (AvgIpc) is 2.40. The highest BCUT2D eigenvalue weighted by molar-refractivity contribution is 5.16. The molecule has 114 valence electrons. The maximum absolute atomic E-state index is 13.3. The van der Waals surface area contributed by atoms with E-state index in [-0.39, 0.29) is 25.1 Å². The van der Waals surface area contributed by atoms with Crippen molar-refractivity contribution >= 4 is 0 Å². The predicted molar refractivity (Wildman–Crippen MR) is 76.0 cm³/mol. The van der Waals surface area contributed by atoms with Crippen molar-refractivity contribution in [2.45, 2.75) is 32.7 Å². The normalized spacial score (nSPS) is 12.8.